The summed E-state index contributed by atoms with van der Waals surface area (Å²) >= 11 is 0.232. The van der Waals surface area contributed by atoms with Crippen LogP contribution in [0.5, 0.6) is 0 Å². The summed E-state index contributed by atoms with van der Waals surface area (Å²) in [6, 6.07) is 10.4. The summed E-state index contributed by atoms with van der Waals surface area (Å²) in [5.74, 6) is -3.30. The van der Waals surface area contributed by atoms with Crippen LogP contribution < -0.4 is 0 Å². The lowest BCUT2D eigenvalue weighted by Crippen LogP contribution is -2.08. The van der Waals surface area contributed by atoms with E-state index in [1.165, 1.54) is 18.3 Å². The molecule has 0 atom stereocenters. The Kier molecular flexibility index (Phi) is 5.27. The van der Waals surface area contributed by atoms with Gasteiger partial charge in [0.25, 0.3) is 5.76 Å². The highest BCUT2D eigenvalue weighted by atomic mass is 32.2. The second-order valence-electron chi connectivity index (χ2n) is 4.30. The topological polar surface area (TPSA) is 39.2 Å². The van der Waals surface area contributed by atoms with Gasteiger partial charge in [-0.15, -0.1) is 0 Å². The molecule has 0 aliphatic carbocycles. The van der Waals surface area contributed by atoms with Crippen LogP contribution in [-0.2, 0) is 11.3 Å². The van der Waals surface area contributed by atoms with Crippen LogP contribution in [0.3, 0.4) is 0 Å². The maximum absolute atomic E-state index is 12.4. The molecule has 3 nitrogen and oxygen atoms in total. The molecule has 0 saturated carbocycles. The number of aryl methyl sites for hydroxylation is 1. The summed E-state index contributed by atoms with van der Waals surface area (Å²) in [6.45, 7) is 2.05. The Hall–Kier alpha value is -1.95. The molecule has 1 heterocycles. The summed E-state index contributed by atoms with van der Waals surface area (Å²) < 4.78 is 30.0. The molecule has 110 valence electrons. The Morgan fingerprint density at radius 3 is 2.67 bits per heavy atom. The molecule has 21 heavy (non-hydrogen) atoms. The van der Waals surface area contributed by atoms with Crippen LogP contribution in [0, 0.1) is 6.92 Å². The Balaban J connectivity index is 2.05. The fraction of sp³-hybridized carbons (Fsp3) is 0.200. The van der Waals surface area contributed by atoms with Crippen molar-refractivity contribution in [3.05, 3.63) is 59.3 Å². The van der Waals surface area contributed by atoms with Crippen molar-refractivity contribution in [2.75, 3.05) is 0 Å². The molecule has 0 fully saturated rings. The standard InChI is InChI=1S/C15H13F2NO2S/c1-10-4-6-11(7-5-10)9-20-14(19)12-3-2-8-18-13(12)21-15(16)17/h2-8,15H,9H2,1H3. The van der Waals surface area contributed by atoms with Crippen molar-refractivity contribution in [2.24, 2.45) is 0 Å². The van der Waals surface area contributed by atoms with E-state index in [0.29, 0.717) is 0 Å². The number of esters is 1. The average molecular weight is 309 g/mol. The highest BCUT2D eigenvalue weighted by molar-refractivity contribution is 7.99. The number of alkyl halides is 2. The summed E-state index contributed by atoms with van der Waals surface area (Å²) in [4.78, 5) is 15.8. The molecule has 0 saturated heterocycles. The molecular formula is C15H13F2NO2S. The molecule has 0 aliphatic rings. The van der Waals surface area contributed by atoms with Crippen molar-refractivity contribution in [3.63, 3.8) is 0 Å². The number of pyridine rings is 1. The van der Waals surface area contributed by atoms with Gasteiger partial charge in [0.1, 0.15) is 11.6 Å². The first kappa shape index (κ1) is 15.4. The second-order valence-corrected chi connectivity index (χ2v) is 5.28. The van der Waals surface area contributed by atoms with Crippen molar-refractivity contribution in [2.45, 2.75) is 24.3 Å². The van der Waals surface area contributed by atoms with E-state index in [0.717, 1.165) is 11.1 Å². The van der Waals surface area contributed by atoms with Gasteiger partial charge < -0.3 is 4.74 Å². The van der Waals surface area contributed by atoms with Gasteiger partial charge in [-0.1, -0.05) is 29.8 Å². The zero-order chi connectivity index (χ0) is 15.2. The van der Waals surface area contributed by atoms with Crippen molar-refractivity contribution in [3.8, 4) is 0 Å². The summed E-state index contributed by atoms with van der Waals surface area (Å²) in [6.07, 6.45) is 1.36. The molecule has 1 aromatic heterocycles. The fourth-order valence-corrected chi connectivity index (χ4v) is 2.20. The number of thioether (sulfide) groups is 1. The summed E-state index contributed by atoms with van der Waals surface area (Å²) in [7, 11) is 0. The first-order valence-corrected chi connectivity index (χ1v) is 7.06. The smallest absolute Gasteiger partial charge is 0.341 e. The van der Waals surface area contributed by atoms with E-state index in [4.69, 9.17) is 4.74 Å². The van der Waals surface area contributed by atoms with Gasteiger partial charge in [0.2, 0.25) is 0 Å². The van der Waals surface area contributed by atoms with E-state index in [2.05, 4.69) is 4.98 Å². The zero-order valence-corrected chi connectivity index (χ0v) is 12.1. The molecule has 0 unspecified atom stereocenters. The molecule has 2 rings (SSSR count). The molecule has 0 spiro atoms. The van der Waals surface area contributed by atoms with Gasteiger partial charge in [0.05, 0.1) is 5.56 Å². The third-order valence-electron chi connectivity index (χ3n) is 2.68. The third kappa shape index (κ3) is 4.53. The van der Waals surface area contributed by atoms with E-state index < -0.39 is 11.7 Å². The van der Waals surface area contributed by atoms with Crippen LogP contribution in [0.2, 0.25) is 0 Å². The normalized spacial score (nSPS) is 10.7. The minimum atomic E-state index is -2.64. The number of hydrogen-bond donors (Lipinski definition) is 0. The molecule has 0 bridgehead atoms. The minimum Gasteiger partial charge on any atom is -0.457 e. The van der Waals surface area contributed by atoms with Crippen LogP contribution in [-0.4, -0.2) is 16.7 Å². The molecule has 1 aromatic carbocycles. The van der Waals surface area contributed by atoms with Crippen LogP contribution in [0.25, 0.3) is 0 Å². The Morgan fingerprint density at radius 2 is 2.00 bits per heavy atom. The van der Waals surface area contributed by atoms with Crippen LogP contribution in [0.1, 0.15) is 21.5 Å². The number of hydrogen-bond acceptors (Lipinski definition) is 4. The van der Waals surface area contributed by atoms with Crippen molar-refractivity contribution in [1.82, 2.24) is 4.98 Å². The van der Waals surface area contributed by atoms with Gasteiger partial charge in [0, 0.05) is 6.20 Å². The number of halogens is 2. The van der Waals surface area contributed by atoms with Crippen LogP contribution in [0.15, 0.2) is 47.6 Å². The summed E-state index contributed by atoms with van der Waals surface area (Å²) in [5.41, 5.74) is 1.99. The number of carbonyl (C=O) groups excluding carboxylic acids is 1. The Labute approximate surface area is 125 Å². The third-order valence-corrected chi connectivity index (χ3v) is 3.41. The maximum atomic E-state index is 12.4. The molecule has 0 N–H and O–H groups in total. The van der Waals surface area contributed by atoms with E-state index in [1.807, 2.05) is 31.2 Å². The predicted molar refractivity (Wildman–Crippen MR) is 76.4 cm³/mol. The molecule has 6 heteroatoms. The van der Waals surface area contributed by atoms with Gasteiger partial charge in [-0.25, -0.2) is 9.78 Å². The van der Waals surface area contributed by atoms with Crippen LogP contribution >= 0.6 is 11.8 Å². The lowest BCUT2D eigenvalue weighted by atomic mass is 10.2. The number of carbonyl (C=O) groups is 1. The molecule has 0 radical (unpaired) electrons. The van der Waals surface area contributed by atoms with E-state index in [1.54, 1.807) is 0 Å². The zero-order valence-electron chi connectivity index (χ0n) is 11.3. The van der Waals surface area contributed by atoms with Gasteiger partial charge in [0.15, 0.2) is 0 Å². The van der Waals surface area contributed by atoms with Crippen molar-refractivity contribution in [1.29, 1.82) is 0 Å². The van der Waals surface area contributed by atoms with Gasteiger partial charge in [-0.2, -0.15) is 8.78 Å². The molecule has 0 aliphatic heterocycles. The number of benzene rings is 1. The van der Waals surface area contributed by atoms with E-state index >= 15 is 0 Å². The van der Waals surface area contributed by atoms with E-state index in [9.17, 15) is 13.6 Å². The minimum absolute atomic E-state index is 0.0265. The first-order valence-electron chi connectivity index (χ1n) is 6.19. The lowest BCUT2D eigenvalue weighted by Gasteiger charge is -2.08. The monoisotopic (exact) mass is 309 g/mol. The lowest BCUT2D eigenvalue weighted by molar-refractivity contribution is 0.0467. The van der Waals surface area contributed by atoms with E-state index in [-0.39, 0.29) is 29.0 Å². The number of aromatic nitrogens is 1. The second kappa shape index (κ2) is 7.17. The molecule has 2 aromatic rings. The Bertz CT molecular complexity index is 617. The fourth-order valence-electron chi connectivity index (χ4n) is 1.64. The largest absolute Gasteiger partial charge is 0.457 e. The SMILES string of the molecule is Cc1ccc(COC(=O)c2cccnc2SC(F)F)cc1. The molecule has 0 amide bonds. The Morgan fingerprint density at radius 1 is 1.29 bits per heavy atom. The quantitative estimate of drug-likeness (QED) is 0.617. The number of ether oxygens (including phenoxy) is 1. The molecular weight excluding hydrogens is 296 g/mol. The average Bonchev–Trinajstić information content (AvgIpc) is 2.46. The van der Waals surface area contributed by atoms with Crippen molar-refractivity contribution < 1.29 is 18.3 Å². The highest BCUT2D eigenvalue weighted by Crippen LogP contribution is 2.26. The summed E-state index contributed by atoms with van der Waals surface area (Å²) in [5, 5.41) is -0.0265. The van der Waals surface area contributed by atoms with Gasteiger partial charge in [-0.3, -0.25) is 0 Å². The van der Waals surface area contributed by atoms with Crippen molar-refractivity contribution >= 4 is 17.7 Å². The number of rotatable bonds is 5. The highest BCUT2D eigenvalue weighted by Gasteiger charge is 2.17. The first-order chi connectivity index (χ1) is 10.1. The maximum Gasteiger partial charge on any atom is 0.341 e. The number of nitrogens with zero attached hydrogens (tertiary/aromatic N) is 1. The van der Waals surface area contributed by atoms with Gasteiger partial charge in [-0.05, 0) is 36.4 Å². The van der Waals surface area contributed by atoms with Gasteiger partial charge >= 0.3 is 5.97 Å². The van der Waals surface area contributed by atoms with Crippen LogP contribution in [0.4, 0.5) is 8.78 Å². The predicted octanol–water partition coefficient (Wildman–Crippen LogP) is 4.06.